The highest BCUT2D eigenvalue weighted by Gasteiger charge is 2.36. The van der Waals surface area contributed by atoms with Gasteiger partial charge in [-0.2, -0.15) is 4.98 Å². The molecular formula is C17H17N5O2. The van der Waals surface area contributed by atoms with Crippen molar-refractivity contribution in [1.29, 1.82) is 0 Å². The van der Waals surface area contributed by atoms with Crippen molar-refractivity contribution in [1.82, 2.24) is 20.1 Å². The van der Waals surface area contributed by atoms with E-state index in [0.717, 1.165) is 30.7 Å². The highest BCUT2D eigenvalue weighted by Crippen LogP contribution is 2.34. The van der Waals surface area contributed by atoms with Gasteiger partial charge in [0, 0.05) is 30.3 Å². The molecule has 1 N–H and O–H groups in total. The Balaban J connectivity index is 1.59. The summed E-state index contributed by atoms with van der Waals surface area (Å²) in [5, 5.41) is 7.25. The molecule has 1 aromatic carbocycles. The van der Waals surface area contributed by atoms with E-state index in [9.17, 15) is 0 Å². The lowest BCUT2D eigenvalue weighted by molar-refractivity contribution is 0.00768. The summed E-state index contributed by atoms with van der Waals surface area (Å²) in [5.41, 5.74) is 1.23. The van der Waals surface area contributed by atoms with Crippen LogP contribution in [0.5, 0.6) is 0 Å². The van der Waals surface area contributed by atoms with Crippen molar-refractivity contribution in [2.24, 2.45) is 0 Å². The maximum Gasteiger partial charge on any atom is 0.258 e. The van der Waals surface area contributed by atoms with Crippen LogP contribution in [-0.2, 0) is 10.3 Å². The fraction of sp³-hybridized carbons (Fsp3) is 0.294. The van der Waals surface area contributed by atoms with Gasteiger partial charge < -0.3 is 14.6 Å². The maximum absolute atomic E-state index is 5.76. The van der Waals surface area contributed by atoms with Gasteiger partial charge in [0.25, 0.3) is 5.89 Å². The van der Waals surface area contributed by atoms with E-state index >= 15 is 0 Å². The predicted molar refractivity (Wildman–Crippen MR) is 87.6 cm³/mol. The van der Waals surface area contributed by atoms with Crippen LogP contribution in [0.3, 0.4) is 0 Å². The summed E-state index contributed by atoms with van der Waals surface area (Å²) in [5.74, 6) is 1.60. The first-order valence-corrected chi connectivity index (χ1v) is 7.86. The molecule has 1 aliphatic rings. The van der Waals surface area contributed by atoms with Gasteiger partial charge >= 0.3 is 0 Å². The molecule has 3 aromatic rings. The van der Waals surface area contributed by atoms with Gasteiger partial charge in [0.2, 0.25) is 11.8 Å². The van der Waals surface area contributed by atoms with Gasteiger partial charge in [-0.15, -0.1) is 0 Å². The molecule has 1 aliphatic heterocycles. The van der Waals surface area contributed by atoms with Crippen LogP contribution in [0.15, 0.2) is 47.2 Å². The molecule has 1 saturated heterocycles. The molecule has 3 heterocycles. The molecule has 0 radical (unpaired) electrons. The van der Waals surface area contributed by atoms with Gasteiger partial charge in [0.05, 0.1) is 0 Å². The fourth-order valence-electron chi connectivity index (χ4n) is 2.73. The molecule has 0 spiro atoms. The molecule has 1 atom stereocenters. The highest BCUT2D eigenvalue weighted by molar-refractivity contribution is 5.64. The van der Waals surface area contributed by atoms with E-state index in [4.69, 9.17) is 9.26 Å². The molecule has 7 heteroatoms. The fourth-order valence-corrected chi connectivity index (χ4v) is 2.73. The molecule has 0 aliphatic carbocycles. The molecule has 0 saturated carbocycles. The second kappa shape index (κ2) is 6.01. The minimum atomic E-state index is -0.449. The number of nitrogens with zero attached hydrogens (tertiary/aromatic N) is 4. The van der Waals surface area contributed by atoms with Crippen molar-refractivity contribution in [2.45, 2.75) is 25.4 Å². The average molecular weight is 323 g/mol. The topological polar surface area (TPSA) is 86.0 Å². The predicted octanol–water partition coefficient (Wildman–Crippen LogP) is 3.30. The molecule has 1 fully saturated rings. The molecule has 122 valence electrons. The molecule has 2 aromatic heterocycles. The van der Waals surface area contributed by atoms with Gasteiger partial charge in [0.15, 0.2) is 0 Å². The lowest BCUT2D eigenvalue weighted by Crippen LogP contribution is -2.21. The zero-order valence-electron chi connectivity index (χ0n) is 13.3. The van der Waals surface area contributed by atoms with E-state index in [1.165, 1.54) is 0 Å². The maximum atomic E-state index is 5.76. The zero-order chi connectivity index (χ0) is 16.4. The first-order valence-electron chi connectivity index (χ1n) is 7.86. The van der Waals surface area contributed by atoms with Gasteiger partial charge in [-0.3, -0.25) is 0 Å². The van der Waals surface area contributed by atoms with Crippen LogP contribution in [-0.4, -0.2) is 26.7 Å². The first kappa shape index (κ1) is 14.8. The third kappa shape index (κ3) is 2.85. The number of hydrogen-bond acceptors (Lipinski definition) is 7. The molecule has 24 heavy (non-hydrogen) atoms. The normalized spacial score (nSPS) is 20.2. The number of benzene rings is 1. The Labute approximate surface area is 139 Å². The van der Waals surface area contributed by atoms with Gasteiger partial charge in [0.1, 0.15) is 5.60 Å². The van der Waals surface area contributed by atoms with Crippen molar-refractivity contribution < 1.29 is 9.26 Å². The number of hydrogen-bond donors (Lipinski definition) is 1. The van der Waals surface area contributed by atoms with Crippen LogP contribution in [0, 0.1) is 0 Å². The standard InChI is InChI=1S/C17H17N5O2/c1-17(7-3-10-23-17)15-21-14(24-22-15)12-5-2-6-13(11-12)20-16-18-8-4-9-19-16/h2,4-6,8-9,11H,3,7,10H2,1H3,(H,18,19,20). The lowest BCUT2D eigenvalue weighted by Gasteiger charge is -2.17. The smallest absolute Gasteiger partial charge is 0.258 e. The van der Waals surface area contributed by atoms with Crippen molar-refractivity contribution in [3.05, 3.63) is 48.5 Å². The van der Waals surface area contributed by atoms with Crippen LogP contribution >= 0.6 is 0 Å². The quantitative estimate of drug-likeness (QED) is 0.788. The van der Waals surface area contributed by atoms with Gasteiger partial charge in [-0.25, -0.2) is 9.97 Å². The van der Waals surface area contributed by atoms with Crippen LogP contribution in [0.1, 0.15) is 25.6 Å². The summed E-state index contributed by atoms with van der Waals surface area (Å²) in [4.78, 5) is 12.8. The number of anilines is 2. The summed E-state index contributed by atoms with van der Waals surface area (Å²) >= 11 is 0. The third-order valence-corrected chi connectivity index (χ3v) is 4.05. The molecule has 0 bridgehead atoms. The number of nitrogens with one attached hydrogen (secondary N) is 1. The highest BCUT2D eigenvalue weighted by atomic mass is 16.5. The summed E-state index contributed by atoms with van der Waals surface area (Å²) in [6.07, 6.45) is 5.29. The molecule has 1 unspecified atom stereocenters. The van der Waals surface area contributed by atoms with E-state index < -0.39 is 5.60 Å². The number of aromatic nitrogens is 4. The Morgan fingerprint density at radius 1 is 1.17 bits per heavy atom. The lowest BCUT2D eigenvalue weighted by atomic mass is 10.0. The first-order chi connectivity index (χ1) is 11.7. The Morgan fingerprint density at radius 3 is 2.83 bits per heavy atom. The minimum Gasteiger partial charge on any atom is -0.367 e. The summed E-state index contributed by atoms with van der Waals surface area (Å²) in [6.45, 7) is 2.73. The van der Waals surface area contributed by atoms with Crippen molar-refractivity contribution >= 4 is 11.6 Å². The Kier molecular flexibility index (Phi) is 3.70. The van der Waals surface area contributed by atoms with Crippen LogP contribution in [0.25, 0.3) is 11.5 Å². The van der Waals surface area contributed by atoms with E-state index in [2.05, 4.69) is 25.4 Å². The zero-order valence-corrected chi connectivity index (χ0v) is 13.3. The van der Waals surface area contributed by atoms with Crippen LogP contribution < -0.4 is 5.32 Å². The second-order valence-corrected chi connectivity index (χ2v) is 5.88. The Bertz CT molecular complexity index is 828. The third-order valence-electron chi connectivity index (χ3n) is 4.05. The van der Waals surface area contributed by atoms with Crippen molar-refractivity contribution in [3.8, 4) is 11.5 Å². The number of rotatable bonds is 4. The molecule has 4 rings (SSSR count). The van der Waals surface area contributed by atoms with Crippen LogP contribution in [0.2, 0.25) is 0 Å². The Morgan fingerprint density at radius 2 is 2.04 bits per heavy atom. The Hall–Kier alpha value is -2.80. The number of ether oxygens (including phenoxy) is 1. The average Bonchev–Trinajstić information content (AvgIpc) is 3.26. The molecule has 0 amide bonds. The minimum absolute atomic E-state index is 0.449. The SMILES string of the molecule is CC1(c2noc(-c3cccc(Nc4ncccn4)c3)n2)CCCO1. The summed E-state index contributed by atoms with van der Waals surface area (Å²) < 4.78 is 11.2. The van der Waals surface area contributed by atoms with Gasteiger partial charge in [-0.1, -0.05) is 11.2 Å². The van der Waals surface area contributed by atoms with Gasteiger partial charge in [-0.05, 0) is 44.0 Å². The van der Waals surface area contributed by atoms with E-state index in [0.29, 0.717) is 17.7 Å². The monoisotopic (exact) mass is 323 g/mol. The van der Waals surface area contributed by atoms with Crippen molar-refractivity contribution in [3.63, 3.8) is 0 Å². The summed E-state index contributed by atoms with van der Waals surface area (Å²) in [7, 11) is 0. The van der Waals surface area contributed by atoms with Crippen molar-refractivity contribution in [2.75, 3.05) is 11.9 Å². The molecular weight excluding hydrogens is 306 g/mol. The molecule has 7 nitrogen and oxygen atoms in total. The second-order valence-electron chi connectivity index (χ2n) is 5.88. The summed E-state index contributed by atoms with van der Waals surface area (Å²) in [6, 6.07) is 9.46. The van der Waals surface area contributed by atoms with E-state index in [1.54, 1.807) is 18.5 Å². The van der Waals surface area contributed by atoms with E-state index in [-0.39, 0.29) is 0 Å². The van der Waals surface area contributed by atoms with E-state index in [1.807, 2.05) is 31.2 Å². The van der Waals surface area contributed by atoms with Crippen LogP contribution in [0.4, 0.5) is 11.6 Å². The largest absolute Gasteiger partial charge is 0.367 e.